The molecule has 19 heavy (non-hydrogen) atoms. The van der Waals surface area contributed by atoms with Crippen molar-refractivity contribution in [2.75, 3.05) is 5.75 Å². The number of hydrogen-bond acceptors (Lipinski definition) is 3. The van der Waals surface area contributed by atoms with Crippen molar-refractivity contribution in [2.45, 2.75) is 18.9 Å². The molecule has 0 fully saturated rings. The highest BCUT2D eigenvalue weighted by atomic mass is 32.2. The van der Waals surface area contributed by atoms with Crippen LogP contribution in [0.3, 0.4) is 0 Å². The molecular weight excluding hydrogens is 254 g/mol. The maximum absolute atomic E-state index is 9.35. The summed E-state index contributed by atoms with van der Waals surface area (Å²) in [7, 11) is 0. The van der Waals surface area contributed by atoms with E-state index in [1.165, 1.54) is 0 Å². The molecule has 0 amide bonds. The smallest absolute Gasteiger partial charge is 0.157 e. The fraction of sp³-hybridized carbons (Fsp3) is 0.200. The molecule has 0 aliphatic carbocycles. The lowest BCUT2D eigenvalue weighted by molar-refractivity contribution is 1.04. The molecule has 94 valence electrons. The summed E-state index contributed by atoms with van der Waals surface area (Å²) in [6, 6.07) is 12.4. The first-order valence-corrected chi connectivity index (χ1v) is 7.18. The number of pyridine rings is 1. The largest absolute Gasteiger partial charge is 0.286 e. The van der Waals surface area contributed by atoms with Crippen molar-refractivity contribution in [3.8, 4) is 6.07 Å². The first-order valence-electron chi connectivity index (χ1n) is 6.20. The molecule has 3 nitrogen and oxygen atoms in total. The van der Waals surface area contributed by atoms with E-state index in [9.17, 15) is 5.26 Å². The molecule has 2 aromatic heterocycles. The number of nitrogens with zero attached hydrogens (tertiary/aromatic N) is 3. The minimum absolute atomic E-state index is 0.664. The van der Waals surface area contributed by atoms with E-state index in [0.29, 0.717) is 5.56 Å². The molecule has 0 radical (unpaired) electrons. The highest BCUT2D eigenvalue weighted by molar-refractivity contribution is 7.99. The van der Waals surface area contributed by atoms with Crippen molar-refractivity contribution in [3.63, 3.8) is 0 Å². The van der Waals surface area contributed by atoms with Crippen molar-refractivity contribution in [2.24, 2.45) is 0 Å². The first-order chi connectivity index (χ1) is 9.26. The standard InChI is InChI=1S/C15H13N3S/c1-3-19-14-8-10(2)11(9-16)15-17-12-6-4-5-7-13(12)18(14)15/h4-8H,3H2,1-2H3. The van der Waals surface area contributed by atoms with Crippen molar-refractivity contribution >= 4 is 28.4 Å². The quantitative estimate of drug-likeness (QED) is 0.663. The van der Waals surface area contributed by atoms with Crippen LogP contribution in [-0.4, -0.2) is 15.1 Å². The number of hydrogen-bond donors (Lipinski definition) is 0. The zero-order valence-corrected chi connectivity index (χ0v) is 11.7. The fourth-order valence-electron chi connectivity index (χ4n) is 2.31. The van der Waals surface area contributed by atoms with Crippen LogP contribution in [0.2, 0.25) is 0 Å². The Bertz CT molecular complexity index is 811. The molecule has 0 N–H and O–H groups in total. The first kappa shape index (κ1) is 12.1. The van der Waals surface area contributed by atoms with Gasteiger partial charge in [0.2, 0.25) is 0 Å². The molecule has 3 rings (SSSR count). The summed E-state index contributed by atoms with van der Waals surface area (Å²) < 4.78 is 2.09. The van der Waals surface area contributed by atoms with Gasteiger partial charge < -0.3 is 0 Å². The van der Waals surface area contributed by atoms with E-state index in [-0.39, 0.29) is 0 Å². The lowest BCUT2D eigenvalue weighted by atomic mass is 10.2. The van der Waals surface area contributed by atoms with Gasteiger partial charge in [0.25, 0.3) is 0 Å². The third-order valence-corrected chi connectivity index (χ3v) is 4.03. The molecule has 4 heteroatoms. The van der Waals surface area contributed by atoms with E-state index < -0.39 is 0 Å². The molecule has 3 aromatic rings. The molecule has 0 spiro atoms. The minimum atomic E-state index is 0.664. The molecule has 0 unspecified atom stereocenters. The van der Waals surface area contributed by atoms with Gasteiger partial charge >= 0.3 is 0 Å². The third kappa shape index (κ3) is 1.78. The average molecular weight is 267 g/mol. The van der Waals surface area contributed by atoms with Gasteiger partial charge in [0, 0.05) is 0 Å². The molecule has 0 aliphatic rings. The second-order valence-corrected chi connectivity index (χ2v) is 5.63. The molecule has 0 aliphatic heterocycles. The van der Waals surface area contributed by atoms with Crippen molar-refractivity contribution in [1.29, 1.82) is 5.26 Å². The summed E-state index contributed by atoms with van der Waals surface area (Å²) >= 11 is 1.77. The van der Waals surface area contributed by atoms with Crippen LogP contribution in [0.15, 0.2) is 35.4 Å². The number of aryl methyl sites for hydroxylation is 1. The van der Waals surface area contributed by atoms with Crippen LogP contribution < -0.4 is 0 Å². The third-order valence-electron chi connectivity index (χ3n) is 3.14. The number of thioether (sulfide) groups is 1. The van der Waals surface area contributed by atoms with Crippen molar-refractivity contribution in [1.82, 2.24) is 9.38 Å². The van der Waals surface area contributed by atoms with Gasteiger partial charge in [-0.05, 0) is 36.4 Å². The molecule has 0 saturated heterocycles. The molecule has 2 heterocycles. The summed E-state index contributed by atoms with van der Waals surface area (Å²) in [6.45, 7) is 4.10. The lowest BCUT2D eigenvalue weighted by Crippen LogP contribution is -1.96. The van der Waals surface area contributed by atoms with E-state index in [2.05, 4.69) is 28.4 Å². The number of benzene rings is 1. The van der Waals surface area contributed by atoms with Crippen LogP contribution in [-0.2, 0) is 0 Å². The second-order valence-electron chi connectivity index (χ2n) is 4.34. The van der Waals surface area contributed by atoms with Crippen LogP contribution in [0.5, 0.6) is 0 Å². The van der Waals surface area contributed by atoms with E-state index in [4.69, 9.17) is 0 Å². The SMILES string of the molecule is CCSc1cc(C)c(C#N)c2nc3ccccc3n12. The molecule has 0 bridgehead atoms. The van der Waals surface area contributed by atoms with Crippen LogP contribution in [0.1, 0.15) is 18.1 Å². The number of para-hydroxylation sites is 2. The highest BCUT2D eigenvalue weighted by Crippen LogP contribution is 2.28. The second kappa shape index (κ2) is 4.60. The van der Waals surface area contributed by atoms with Crippen LogP contribution in [0.25, 0.3) is 16.7 Å². The number of aromatic nitrogens is 2. The average Bonchev–Trinajstić information content (AvgIpc) is 2.78. The monoisotopic (exact) mass is 267 g/mol. The van der Waals surface area contributed by atoms with E-state index >= 15 is 0 Å². The highest BCUT2D eigenvalue weighted by Gasteiger charge is 2.14. The predicted octanol–water partition coefficient (Wildman–Crippen LogP) is 3.78. The van der Waals surface area contributed by atoms with Crippen LogP contribution >= 0.6 is 11.8 Å². The summed E-state index contributed by atoms with van der Waals surface area (Å²) in [5, 5.41) is 10.5. The topological polar surface area (TPSA) is 41.1 Å². The number of imidazole rings is 1. The number of rotatable bonds is 2. The van der Waals surface area contributed by atoms with Gasteiger partial charge in [-0.25, -0.2) is 4.98 Å². The van der Waals surface area contributed by atoms with E-state index in [1.807, 2.05) is 31.2 Å². The fourth-order valence-corrected chi connectivity index (χ4v) is 3.18. The van der Waals surface area contributed by atoms with E-state index in [1.54, 1.807) is 11.8 Å². The normalized spacial score (nSPS) is 11.0. The maximum atomic E-state index is 9.35. The van der Waals surface area contributed by atoms with Gasteiger partial charge in [-0.1, -0.05) is 19.1 Å². The number of fused-ring (bicyclic) bond motifs is 3. The predicted molar refractivity (Wildman–Crippen MR) is 78.5 cm³/mol. The van der Waals surface area contributed by atoms with Gasteiger partial charge in [-0.15, -0.1) is 11.8 Å². The van der Waals surface area contributed by atoms with Gasteiger partial charge in [0.05, 0.1) is 21.6 Å². The Kier molecular flexibility index (Phi) is 2.92. The van der Waals surface area contributed by atoms with Crippen molar-refractivity contribution in [3.05, 3.63) is 41.5 Å². The van der Waals surface area contributed by atoms with Gasteiger partial charge in [-0.3, -0.25) is 4.40 Å². The summed E-state index contributed by atoms with van der Waals surface area (Å²) in [5.41, 5.74) is 4.41. The Morgan fingerprint density at radius 2 is 2.16 bits per heavy atom. The molecule has 0 atom stereocenters. The van der Waals surface area contributed by atoms with Crippen LogP contribution in [0, 0.1) is 18.3 Å². The minimum Gasteiger partial charge on any atom is -0.286 e. The summed E-state index contributed by atoms with van der Waals surface area (Å²) in [5.74, 6) is 0.993. The van der Waals surface area contributed by atoms with E-state index in [0.717, 1.165) is 33.0 Å². The molecule has 1 aromatic carbocycles. The Morgan fingerprint density at radius 1 is 1.37 bits per heavy atom. The Hall–Kier alpha value is -1.99. The van der Waals surface area contributed by atoms with Gasteiger partial charge in [0.1, 0.15) is 6.07 Å². The zero-order chi connectivity index (χ0) is 13.4. The number of nitriles is 1. The lowest BCUT2D eigenvalue weighted by Gasteiger charge is -2.08. The van der Waals surface area contributed by atoms with Crippen molar-refractivity contribution < 1.29 is 0 Å². The Labute approximate surface area is 115 Å². The Morgan fingerprint density at radius 3 is 2.89 bits per heavy atom. The summed E-state index contributed by atoms with van der Waals surface area (Å²) in [6.07, 6.45) is 0. The maximum Gasteiger partial charge on any atom is 0.157 e. The van der Waals surface area contributed by atoms with Gasteiger partial charge in [0.15, 0.2) is 5.65 Å². The van der Waals surface area contributed by atoms with Crippen LogP contribution in [0.4, 0.5) is 0 Å². The zero-order valence-electron chi connectivity index (χ0n) is 10.8. The summed E-state index contributed by atoms with van der Waals surface area (Å²) in [4.78, 5) is 4.62. The molecule has 0 saturated carbocycles. The Balaban J connectivity index is 2.53. The van der Waals surface area contributed by atoms with Gasteiger partial charge in [-0.2, -0.15) is 5.26 Å². The molecular formula is C15H13N3S.